The minimum Gasteiger partial charge on any atom is -0.478 e. The first-order valence-electron chi connectivity index (χ1n) is 11.5. The maximum absolute atomic E-state index is 13.0. The van der Waals surface area contributed by atoms with E-state index in [-0.39, 0.29) is 39.9 Å². The number of amidine groups is 1. The van der Waals surface area contributed by atoms with E-state index in [4.69, 9.17) is 15.7 Å². The van der Waals surface area contributed by atoms with E-state index in [0.717, 1.165) is 0 Å². The molecule has 0 aliphatic rings. The molecule has 0 fully saturated rings. The van der Waals surface area contributed by atoms with Crippen LogP contribution < -0.4 is 16.4 Å². The van der Waals surface area contributed by atoms with Gasteiger partial charge in [0.25, 0.3) is 21.9 Å². The van der Waals surface area contributed by atoms with E-state index < -0.39 is 22.0 Å². The highest BCUT2D eigenvalue weighted by Crippen LogP contribution is 2.28. The predicted octanol–water partition coefficient (Wildman–Crippen LogP) is 2.87. The van der Waals surface area contributed by atoms with Crippen molar-refractivity contribution in [2.24, 2.45) is 11.7 Å². The second-order valence-corrected chi connectivity index (χ2v) is 10.2. The van der Waals surface area contributed by atoms with Gasteiger partial charge in [-0.1, -0.05) is 19.9 Å². The van der Waals surface area contributed by atoms with Crippen molar-refractivity contribution in [2.45, 2.75) is 13.8 Å². The number of carboxylic acid groups (broad SMARTS) is 1. The quantitative estimate of drug-likeness (QED) is 0.137. The normalized spacial score (nSPS) is 10.7. The van der Waals surface area contributed by atoms with Gasteiger partial charge in [-0.05, 0) is 53.9 Å². The van der Waals surface area contributed by atoms with E-state index in [1.165, 1.54) is 36.7 Å². The fourth-order valence-corrected chi connectivity index (χ4v) is 3.23. The van der Waals surface area contributed by atoms with Gasteiger partial charge in [0.2, 0.25) is 0 Å². The largest absolute Gasteiger partial charge is 0.478 e. The Kier molecular flexibility index (Phi) is 10.4. The molecule has 13 heteroatoms. The Bertz CT molecular complexity index is 1480. The third kappa shape index (κ3) is 9.64. The lowest BCUT2D eigenvalue weighted by Gasteiger charge is -2.14. The van der Waals surface area contributed by atoms with Gasteiger partial charge in [0.1, 0.15) is 5.84 Å². The summed E-state index contributed by atoms with van der Waals surface area (Å²) in [6, 6.07) is 12.3. The van der Waals surface area contributed by atoms with E-state index >= 15 is 0 Å². The number of carbonyl (C=O) groups is 3. The smallest absolute Gasteiger partial charge is 0.336 e. The molecular formula is C26H29N5O7S. The average Bonchev–Trinajstić information content (AvgIpc) is 2.86. The molecule has 3 aromatic rings. The Labute approximate surface area is 225 Å². The van der Waals surface area contributed by atoms with Gasteiger partial charge in [0.05, 0.1) is 17.4 Å². The number of hydrogen-bond donors (Lipinski definition) is 6. The highest BCUT2D eigenvalue weighted by atomic mass is 32.2. The molecule has 39 heavy (non-hydrogen) atoms. The van der Waals surface area contributed by atoms with Crippen molar-refractivity contribution in [3.05, 3.63) is 83.2 Å². The Hall–Kier alpha value is -4.62. The average molecular weight is 556 g/mol. The number of pyridine rings is 1. The molecule has 3 rings (SSSR count). The Balaban J connectivity index is 0.000000976. The molecule has 0 atom stereocenters. The number of carbonyl (C=O) groups excluding carboxylic acids is 2. The van der Waals surface area contributed by atoms with Crippen LogP contribution in [-0.4, -0.2) is 59.5 Å². The van der Waals surface area contributed by atoms with Crippen LogP contribution in [0.5, 0.6) is 0 Å². The highest BCUT2D eigenvalue weighted by molar-refractivity contribution is 7.85. The summed E-state index contributed by atoms with van der Waals surface area (Å²) in [6.45, 7) is 4.38. The first-order chi connectivity index (χ1) is 18.2. The van der Waals surface area contributed by atoms with Crippen LogP contribution in [-0.2, 0) is 10.1 Å². The molecule has 0 aliphatic heterocycles. The number of aromatic carboxylic acids is 1. The van der Waals surface area contributed by atoms with Crippen LogP contribution in [0.3, 0.4) is 0 Å². The second-order valence-electron chi connectivity index (χ2n) is 8.77. The van der Waals surface area contributed by atoms with E-state index in [1.54, 1.807) is 24.3 Å². The van der Waals surface area contributed by atoms with Gasteiger partial charge in [-0.15, -0.1) is 0 Å². The lowest BCUT2D eigenvalue weighted by atomic mass is 9.94. The number of nitrogens with zero attached hydrogens (tertiary/aromatic N) is 1. The van der Waals surface area contributed by atoms with Gasteiger partial charge in [0, 0.05) is 41.3 Å². The van der Waals surface area contributed by atoms with E-state index in [2.05, 4.69) is 15.6 Å². The fourth-order valence-electron chi connectivity index (χ4n) is 3.23. The molecule has 0 radical (unpaired) electrons. The van der Waals surface area contributed by atoms with Crippen molar-refractivity contribution in [3.8, 4) is 11.1 Å². The zero-order chi connectivity index (χ0) is 29.3. The number of hydrogen-bond acceptors (Lipinski definition) is 7. The maximum atomic E-state index is 13.0. The molecule has 1 heterocycles. The van der Waals surface area contributed by atoms with Gasteiger partial charge in [-0.2, -0.15) is 8.42 Å². The van der Waals surface area contributed by atoms with Gasteiger partial charge < -0.3 is 21.5 Å². The van der Waals surface area contributed by atoms with Crippen molar-refractivity contribution >= 4 is 39.4 Å². The number of nitrogens with two attached hydrogens (primary N) is 1. The Morgan fingerprint density at radius 3 is 2.10 bits per heavy atom. The third-order valence-electron chi connectivity index (χ3n) is 4.99. The highest BCUT2D eigenvalue weighted by Gasteiger charge is 2.20. The zero-order valence-electron chi connectivity index (χ0n) is 21.4. The first-order valence-corrected chi connectivity index (χ1v) is 13.3. The summed E-state index contributed by atoms with van der Waals surface area (Å²) in [7, 11) is -3.67. The summed E-state index contributed by atoms with van der Waals surface area (Å²) in [5, 5.41) is 22.8. The molecule has 0 bridgehead atoms. The number of aromatic nitrogens is 1. The summed E-state index contributed by atoms with van der Waals surface area (Å²) in [5.41, 5.74) is 7.33. The Morgan fingerprint density at radius 1 is 0.974 bits per heavy atom. The van der Waals surface area contributed by atoms with Crippen molar-refractivity contribution in [1.29, 1.82) is 5.41 Å². The number of nitrogens with one attached hydrogen (secondary N) is 3. The van der Waals surface area contributed by atoms with Crippen molar-refractivity contribution in [2.75, 3.05) is 18.1 Å². The maximum Gasteiger partial charge on any atom is 0.336 e. The van der Waals surface area contributed by atoms with Gasteiger partial charge in [-0.25, -0.2) is 4.79 Å². The molecule has 2 aromatic carbocycles. The molecule has 1 aromatic heterocycles. The first kappa shape index (κ1) is 30.6. The van der Waals surface area contributed by atoms with Gasteiger partial charge >= 0.3 is 5.97 Å². The van der Waals surface area contributed by atoms with Crippen LogP contribution in [0.2, 0.25) is 0 Å². The minimum atomic E-state index is -3.67. The topological polar surface area (TPSA) is 213 Å². The molecule has 0 unspecified atom stereocenters. The molecular weight excluding hydrogens is 526 g/mol. The van der Waals surface area contributed by atoms with Crippen LogP contribution in [0.1, 0.15) is 50.5 Å². The van der Waals surface area contributed by atoms with Crippen molar-refractivity contribution < 1.29 is 32.5 Å². The number of anilines is 1. The summed E-state index contributed by atoms with van der Waals surface area (Å²) in [5.74, 6) is -1.92. The number of carboxylic acids is 1. The monoisotopic (exact) mass is 555 g/mol. The summed E-state index contributed by atoms with van der Waals surface area (Å²) >= 11 is 0. The number of benzene rings is 2. The SMILES string of the molecule is CC(C)CNC(=O)c1ccc(-c2cnccc2C(=O)Nc2ccc(C(=N)N)cc2)c(C(=O)O)c1.CS(=O)(=O)O. The number of rotatable bonds is 8. The van der Waals surface area contributed by atoms with E-state index in [0.29, 0.717) is 29.6 Å². The molecule has 0 spiro atoms. The minimum absolute atomic E-state index is 0.0863. The fraction of sp³-hybridized carbons (Fsp3) is 0.192. The molecule has 0 saturated carbocycles. The second kappa shape index (κ2) is 13.3. The van der Waals surface area contributed by atoms with Crippen molar-refractivity contribution in [1.82, 2.24) is 10.3 Å². The van der Waals surface area contributed by atoms with E-state index in [1.807, 2.05) is 13.8 Å². The third-order valence-corrected chi connectivity index (χ3v) is 4.99. The van der Waals surface area contributed by atoms with Crippen molar-refractivity contribution in [3.63, 3.8) is 0 Å². The summed E-state index contributed by atoms with van der Waals surface area (Å²) in [6.07, 6.45) is 3.56. The van der Waals surface area contributed by atoms with Gasteiger partial charge in [0.15, 0.2) is 0 Å². The molecule has 0 aliphatic carbocycles. The van der Waals surface area contributed by atoms with E-state index in [9.17, 15) is 27.9 Å². The molecule has 2 amide bonds. The van der Waals surface area contributed by atoms with Crippen LogP contribution in [0, 0.1) is 11.3 Å². The molecule has 206 valence electrons. The number of amides is 2. The lowest BCUT2D eigenvalue weighted by molar-refractivity contribution is 0.0697. The predicted molar refractivity (Wildman–Crippen MR) is 147 cm³/mol. The van der Waals surface area contributed by atoms with Crippen LogP contribution >= 0.6 is 0 Å². The van der Waals surface area contributed by atoms with Gasteiger partial charge in [-0.3, -0.25) is 24.5 Å². The molecule has 0 saturated heterocycles. The summed E-state index contributed by atoms with van der Waals surface area (Å²) in [4.78, 5) is 41.5. The Morgan fingerprint density at radius 2 is 1.56 bits per heavy atom. The number of nitrogen functional groups attached to an aromatic ring is 1. The van der Waals surface area contributed by atoms with Crippen LogP contribution in [0.4, 0.5) is 5.69 Å². The molecule has 12 nitrogen and oxygen atoms in total. The summed E-state index contributed by atoms with van der Waals surface area (Å²) < 4.78 is 25.9. The zero-order valence-corrected chi connectivity index (χ0v) is 22.2. The van der Waals surface area contributed by atoms with Crippen LogP contribution in [0.15, 0.2) is 60.9 Å². The standard InChI is InChI=1S/C25H25N5O4.CH4O3S/c1-14(2)12-29-23(31)16-5-8-18(20(11-16)25(33)34)21-13-28-10-9-19(21)24(32)30-17-6-3-15(4-7-17)22(26)27;1-5(2,3)4/h3-11,13-14H,12H2,1-2H3,(H3,26,27)(H,29,31)(H,30,32)(H,33,34);1H3,(H,2,3,4). The van der Waals surface area contributed by atoms with Crippen LogP contribution in [0.25, 0.3) is 11.1 Å². The lowest BCUT2D eigenvalue weighted by Crippen LogP contribution is -2.27. The molecule has 7 N–H and O–H groups in total.